The summed E-state index contributed by atoms with van der Waals surface area (Å²) < 4.78 is 5.74. The minimum absolute atomic E-state index is 0.0323. The Hall–Kier alpha value is -0.970. The molecule has 1 fully saturated rings. The molecule has 1 aliphatic heterocycles. The fourth-order valence-corrected chi connectivity index (χ4v) is 2.27. The molecule has 4 nitrogen and oxygen atoms in total. The third-order valence-electron chi connectivity index (χ3n) is 3.21. The zero-order chi connectivity index (χ0) is 11.5. The predicted octanol–water partition coefficient (Wildman–Crippen LogP) is 1.32. The summed E-state index contributed by atoms with van der Waals surface area (Å²) in [6.45, 7) is 5.05. The van der Waals surface area contributed by atoms with Gasteiger partial charge in [0.25, 0.3) is 0 Å². The van der Waals surface area contributed by atoms with Crippen molar-refractivity contribution in [2.45, 2.75) is 32.4 Å². The van der Waals surface area contributed by atoms with Gasteiger partial charge in [-0.05, 0) is 30.4 Å². The maximum atomic E-state index is 5.74. The largest absolute Gasteiger partial charge is 0.376 e. The van der Waals surface area contributed by atoms with Crippen molar-refractivity contribution in [1.82, 2.24) is 10.4 Å². The van der Waals surface area contributed by atoms with E-state index < -0.39 is 0 Å². The Morgan fingerprint density at radius 2 is 2.38 bits per heavy atom. The second-order valence-corrected chi connectivity index (χ2v) is 4.54. The molecule has 2 rings (SSSR count). The first-order valence-electron chi connectivity index (χ1n) is 5.71. The lowest BCUT2D eigenvalue weighted by atomic mass is 9.93. The molecular weight excluding hydrogens is 202 g/mol. The van der Waals surface area contributed by atoms with Crippen molar-refractivity contribution >= 4 is 0 Å². The third kappa shape index (κ3) is 2.24. The predicted molar refractivity (Wildman–Crippen MR) is 62.6 cm³/mol. The van der Waals surface area contributed by atoms with E-state index in [1.54, 1.807) is 0 Å². The number of nitrogens with one attached hydrogen (secondary N) is 1. The second kappa shape index (κ2) is 4.91. The number of nitrogens with two attached hydrogens (primary N) is 1. The molecule has 1 aromatic heterocycles. The quantitative estimate of drug-likeness (QED) is 0.597. The number of ether oxygens (including phenoxy) is 1. The molecule has 0 radical (unpaired) electrons. The lowest BCUT2D eigenvalue weighted by molar-refractivity contribution is 0.0606. The summed E-state index contributed by atoms with van der Waals surface area (Å²) in [6, 6.07) is 2.14. The van der Waals surface area contributed by atoms with Crippen LogP contribution in [0.3, 0.4) is 0 Å². The van der Waals surface area contributed by atoms with Gasteiger partial charge in [0, 0.05) is 19.0 Å². The van der Waals surface area contributed by atoms with E-state index in [2.05, 4.69) is 23.4 Å². The molecule has 1 aromatic rings. The fraction of sp³-hybridized carbons (Fsp3) is 0.583. The normalized spacial score (nSPS) is 26.9. The first kappa shape index (κ1) is 11.5. The summed E-state index contributed by atoms with van der Waals surface area (Å²) in [5.74, 6) is 6.17. The smallest absolute Gasteiger partial charge is 0.0809 e. The highest BCUT2D eigenvalue weighted by atomic mass is 16.5. The lowest BCUT2D eigenvalue weighted by Gasteiger charge is -2.25. The Morgan fingerprint density at radius 3 is 2.94 bits per heavy atom. The molecule has 0 aromatic carbocycles. The van der Waals surface area contributed by atoms with Crippen LogP contribution in [0.1, 0.15) is 30.5 Å². The van der Waals surface area contributed by atoms with E-state index in [0.717, 1.165) is 24.2 Å². The van der Waals surface area contributed by atoms with Crippen molar-refractivity contribution in [3.8, 4) is 0 Å². The summed E-state index contributed by atoms with van der Waals surface area (Å²) in [7, 11) is 0. The van der Waals surface area contributed by atoms with Gasteiger partial charge in [-0.3, -0.25) is 16.3 Å². The summed E-state index contributed by atoms with van der Waals surface area (Å²) in [5.41, 5.74) is 5.09. The summed E-state index contributed by atoms with van der Waals surface area (Å²) in [5, 5.41) is 0. The van der Waals surface area contributed by atoms with Crippen LogP contribution in [0.5, 0.6) is 0 Å². The maximum Gasteiger partial charge on any atom is 0.0809 e. The van der Waals surface area contributed by atoms with Crippen molar-refractivity contribution in [3.05, 3.63) is 29.6 Å². The molecule has 0 amide bonds. The summed E-state index contributed by atoms with van der Waals surface area (Å²) in [6.07, 6.45) is 4.94. The van der Waals surface area contributed by atoms with Crippen molar-refractivity contribution < 1.29 is 4.74 Å². The number of hydrogen-bond donors (Lipinski definition) is 2. The van der Waals surface area contributed by atoms with Gasteiger partial charge in [-0.15, -0.1) is 0 Å². The molecule has 3 unspecified atom stereocenters. The molecule has 0 saturated carbocycles. The Labute approximate surface area is 96.2 Å². The first-order chi connectivity index (χ1) is 7.72. The van der Waals surface area contributed by atoms with Crippen LogP contribution in [0.2, 0.25) is 0 Å². The topological polar surface area (TPSA) is 60.2 Å². The maximum absolute atomic E-state index is 5.74. The van der Waals surface area contributed by atoms with Gasteiger partial charge in [0.15, 0.2) is 0 Å². The Bertz CT molecular complexity index is 356. The van der Waals surface area contributed by atoms with Crippen molar-refractivity contribution in [2.24, 2.45) is 11.8 Å². The second-order valence-electron chi connectivity index (χ2n) is 4.54. The monoisotopic (exact) mass is 221 g/mol. The van der Waals surface area contributed by atoms with E-state index in [4.69, 9.17) is 10.6 Å². The van der Waals surface area contributed by atoms with Gasteiger partial charge in [-0.25, -0.2) is 0 Å². The minimum atomic E-state index is 0.0323. The molecule has 88 valence electrons. The zero-order valence-electron chi connectivity index (χ0n) is 9.81. The fourth-order valence-electron chi connectivity index (χ4n) is 2.27. The molecule has 4 heteroatoms. The van der Waals surface area contributed by atoms with Crippen molar-refractivity contribution in [3.63, 3.8) is 0 Å². The van der Waals surface area contributed by atoms with Crippen LogP contribution < -0.4 is 11.3 Å². The molecule has 3 N–H and O–H groups in total. The molecular formula is C12H19N3O. The van der Waals surface area contributed by atoms with E-state index in [1.165, 1.54) is 0 Å². The number of rotatable bonds is 3. The summed E-state index contributed by atoms with van der Waals surface area (Å²) >= 11 is 0. The van der Waals surface area contributed by atoms with Crippen LogP contribution in [-0.2, 0) is 4.74 Å². The van der Waals surface area contributed by atoms with Gasteiger partial charge in [-0.1, -0.05) is 13.0 Å². The lowest BCUT2D eigenvalue weighted by Crippen LogP contribution is -2.38. The number of aromatic nitrogens is 1. The highest BCUT2D eigenvalue weighted by Crippen LogP contribution is 2.30. The van der Waals surface area contributed by atoms with E-state index >= 15 is 0 Å². The number of nitrogens with zero attached hydrogens (tertiary/aromatic N) is 1. The van der Waals surface area contributed by atoms with Crippen LogP contribution >= 0.6 is 0 Å². The number of aryl methyl sites for hydroxylation is 1. The van der Waals surface area contributed by atoms with Crippen molar-refractivity contribution in [1.29, 1.82) is 0 Å². The van der Waals surface area contributed by atoms with Crippen LogP contribution in [0.25, 0.3) is 0 Å². The van der Waals surface area contributed by atoms with Gasteiger partial charge >= 0.3 is 0 Å². The Kier molecular flexibility index (Phi) is 3.53. The molecule has 1 aliphatic rings. The first-order valence-corrected chi connectivity index (χ1v) is 5.71. The summed E-state index contributed by atoms with van der Waals surface area (Å²) in [4.78, 5) is 4.20. The van der Waals surface area contributed by atoms with Gasteiger partial charge < -0.3 is 4.74 Å². The molecule has 3 atom stereocenters. The van der Waals surface area contributed by atoms with E-state index in [9.17, 15) is 0 Å². The Balaban J connectivity index is 2.21. The van der Waals surface area contributed by atoms with Crippen molar-refractivity contribution in [2.75, 3.05) is 6.61 Å². The SMILES string of the molecule is Cc1cncc(C(NN)C2OCCC2C)c1. The minimum Gasteiger partial charge on any atom is -0.376 e. The molecule has 0 spiro atoms. The molecule has 0 bridgehead atoms. The van der Waals surface area contributed by atoms with Gasteiger partial charge in [0.05, 0.1) is 12.1 Å². The standard InChI is InChI=1S/C12H19N3O/c1-8-5-10(7-14-6-8)11(15-13)12-9(2)3-4-16-12/h5-7,9,11-12,15H,3-4,13H2,1-2H3. The number of hydrazine groups is 1. The van der Waals surface area contributed by atoms with Gasteiger partial charge in [0.2, 0.25) is 0 Å². The number of hydrogen-bond acceptors (Lipinski definition) is 4. The zero-order valence-corrected chi connectivity index (χ0v) is 9.81. The highest BCUT2D eigenvalue weighted by Gasteiger charge is 2.32. The van der Waals surface area contributed by atoms with Crippen LogP contribution in [0.15, 0.2) is 18.5 Å². The van der Waals surface area contributed by atoms with Crippen LogP contribution in [-0.4, -0.2) is 17.7 Å². The van der Waals surface area contributed by atoms with Gasteiger partial charge in [-0.2, -0.15) is 0 Å². The van der Waals surface area contributed by atoms with E-state index in [1.807, 2.05) is 19.3 Å². The molecule has 1 saturated heterocycles. The average Bonchev–Trinajstić information content (AvgIpc) is 2.67. The average molecular weight is 221 g/mol. The van der Waals surface area contributed by atoms with Crippen LogP contribution in [0, 0.1) is 12.8 Å². The van der Waals surface area contributed by atoms with Gasteiger partial charge in [0.1, 0.15) is 0 Å². The molecule has 0 aliphatic carbocycles. The molecule has 16 heavy (non-hydrogen) atoms. The molecule has 2 heterocycles. The highest BCUT2D eigenvalue weighted by molar-refractivity contribution is 5.21. The number of pyridine rings is 1. The Morgan fingerprint density at radius 1 is 1.56 bits per heavy atom. The van der Waals surface area contributed by atoms with E-state index in [0.29, 0.717) is 5.92 Å². The third-order valence-corrected chi connectivity index (χ3v) is 3.21. The van der Waals surface area contributed by atoms with E-state index in [-0.39, 0.29) is 12.1 Å². The van der Waals surface area contributed by atoms with Crippen LogP contribution in [0.4, 0.5) is 0 Å².